The quantitative estimate of drug-likeness (QED) is 0.474. The van der Waals surface area contributed by atoms with Gasteiger partial charge in [-0.15, -0.1) is 0 Å². The van der Waals surface area contributed by atoms with E-state index in [-0.39, 0.29) is 11.6 Å². The molecule has 4 heteroatoms. The summed E-state index contributed by atoms with van der Waals surface area (Å²) in [4.78, 5) is 13.4. The van der Waals surface area contributed by atoms with Crippen molar-refractivity contribution in [1.29, 1.82) is 0 Å². The SMILES string of the molecule is C[N+]1=CN(CC(=O)OC(C)(C)C)CC1. The fraction of sp³-hybridized carbons (Fsp3) is 0.800. The van der Waals surface area contributed by atoms with Gasteiger partial charge in [-0.3, -0.25) is 9.48 Å². The lowest BCUT2D eigenvalue weighted by Gasteiger charge is -2.19. The number of likely N-dealkylation sites (N-methyl/N-ethyl adjacent to an activating group) is 1. The van der Waals surface area contributed by atoms with Crippen LogP contribution in [-0.4, -0.2) is 54.1 Å². The van der Waals surface area contributed by atoms with Crippen molar-refractivity contribution in [3.05, 3.63) is 0 Å². The molecule has 0 saturated heterocycles. The summed E-state index contributed by atoms with van der Waals surface area (Å²) in [5.74, 6) is -0.163. The molecule has 0 aromatic carbocycles. The molecule has 4 nitrogen and oxygen atoms in total. The third kappa shape index (κ3) is 3.77. The molecule has 1 aliphatic heterocycles. The lowest BCUT2D eigenvalue weighted by molar-refractivity contribution is -0.482. The Balaban J connectivity index is 2.35. The lowest BCUT2D eigenvalue weighted by atomic mass is 10.2. The first kappa shape index (κ1) is 11.0. The summed E-state index contributed by atoms with van der Waals surface area (Å²) < 4.78 is 7.28. The molecule has 0 bridgehead atoms. The Morgan fingerprint density at radius 1 is 1.57 bits per heavy atom. The Bertz CT molecular complexity index is 253. The highest BCUT2D eigenvalue weighted by atomic mass is 16.6. The Kier molecular flexibility index (Phi) is 3.13. The van der Waals surface area contributed by atoms with Crippen molar-refractivity contribution in [3.63, 3.8) is 0 Å². The first-order chi connectivity index (χ1) is 6.37. The zero-order chi connectivity index (χ0) is 10.8. The molecule has 1 heterocycles. The molecule has 0 fully saturated rings. The minimum Gasteiger partial charge on any atom is -0.457 e. The van der Waals surface area contributed by atoms with Gasteiger partial charge in [0, 0.05) is 0 Å². The summed E-state index contributed by atoms with van der Waals surface area (Å²) in [6.07, 6.45) is 1.95. The van der Waals surface area contributed by atoms with Gasteiger partial charge in [-0.2, -0.15) is 0 Å². The molecule has 0 unspecified atom stereocenters. The van der Waals surface area contributed by atoms with E-state index in [1.165, 1.54) is 0 Å². The molecule has 0 aromatic rings. The predicted molar refractivity (Wildman–Crippen MR) is 54.5 cm³/mol. The van der Waals surface area contributed by atoms with Crippen molar-refractivity contribution in [2.24, 2.45) is 0 Å². The minimum absolute atomic E-state index is 0.163. The highest BCUT2D eigenvalue weighted by Crippen LogP contribution is 2.07. The second kappa shape index (κ2) is 3.98. The maximum atomic E-state index is 11.4. The number of ether oxygens (including phenoxy) is 1. The van der Waals surface area contributed by atoms with Gasteiger partial charge in [-0.05, 0) is 20.8 Å². The standard InChI is InChI=1S/C10H19N2O2/c1-10(2,3)14-9(13)7-12-6-5-11(4)8-12/h8H,5-7H2,1-4H3/q+1. The van der Waals surface area contributed by atoms with Crippen LogP contribution in [0.1, 0.15) is 20.8 Å². The van der Waals surface area contributed by atoms with Crippen LogP contribution in [0.25, 0.3) is 0 Å². The molecule has 0 aromatic heterocycles. The molecule has 0 atom stereocenters. The van der Waals surface area contributed by atoms with Gasteiger partial charge in [0.2, 0.25) is 6.34 Å². The summed E-state index contributed by atoms with van der Waals surface area (Å²) >= 11 is 0. The van der Waals surface area contributed by atoms with Gasteiger partial charge in [0.05, 0.1) is 7.05 Å². The van der Waals surface area contributed by atoms with Crippen LogP contribution in [0.2, 0.25) is 0 Å². The van der Waals surface area contributed by atoms with Gasteiger partial charge in [-0.1, -0.05) is 0 Å². The van der Waals surface area contributed by atoms with Crippen LogP contribution in [0.5, 0.6) is 0 Å². The largest absolute Gasteiger partial charge is 0.457 e. The van der Waals surface area contributed by atoms with E-state index in [4.69, 9.17) is 4.74 Å². The van der Waals surface area contributed by atoms with Crippen LogP contribution in [0, 0.1) is 0 Å². The molecule has 14 heavy (non-hydrogen) atoms. The van der Waals surface area contributed by atoms with E-state index < -0.39 is 0 Å². The summed E-state index contributed by atoms with van der Waals surface area (Å²) in [5, 5.41) is 0. The molecule has 0 N–H and O–H groups in total. The van der Waals surface area contributed by atoms with E-state index in [1.807, 2.05) is 39.1 Å². The Morgan fingerprint density at radius 2 is 2.21 bits per heavy atom. The van der Waals surface area contributed by atoms with Crippen molar-refractivity contribution < 1.29 is 14.1 Å². The normalized spacial score (nSPS) is 16.9. The molecule has 0 aliphatic carbocycles. The number of hydrogen-bond donors (Lipinski definition) is 0. The number of esters is 1. The highest BCUT2D eigenvalue weighted by Gasteiger charge is 2.23. The van der Waals surface area contributed by atoms with E-state index in [1.54, 1.807) is 0 Å². The molecule has 0 spiro atoms. The third-order valence-corrected chi connectivity index (χ3v) is 1.85. The maximum Gasteiger partial charge on any atom is 0.348 e. The van der Waals surface area contributed by atoms with Crippen LogP contribution >= 0.6 is 0 Å². The topological polar surface area (TPSA) is 32.5 Å². The number of carbonyl (C=O) groups is 1. The summed E-state index contributed by atoms with van der Waals surface area (Å²) in [5.41, 5.74) is -0.386. The molecule has 0 radical (unpaired) electrons. The van der Waals surface area contributed by atoms with Crippen molar-refractivity contribution in [2.75, 3.05) is 26.7 Å². The van der Waals surface area contributed by atoms with E-state index >= 15 is 0 Å². The summed E-state index contributed by atoms with van der Waals surface area (Å²) in [6, 6.07) is 0. The molecule has 0 saturated carbocycles. The minimum atomic E-state index is -0.386. The smallest absolute Gasteiger partial charge is 0.348 e. The maximum absolute atomic E-state index is 11.4. The van der Waals surface area contributed by atoms with Crippen LogP contribution in [0.4, 0.5) is 0 Å². The molecule has 1 aliphatic rings. The first-order valence-corrected chi connectivity index (χ1v) is 4.88. The van der Waals surface area contributed by atoms with E-state index in [2.05, 4.69) is 4.58 Å². The summed E-state index contributed by atoms with van der Waals surface area (Å²) in [6.45, 7) is 7.86. The van der Waals surface area contributed by atoms with Gasteiger partial charge in [0.25, 0.3) is 0 Å². The van der Waals surface area contributed by atoms with Crippen molar-refractivity contribution in [3.8, 4) is 0 Å². The molecular weight excluding hydrogens is 180 g/mol. The molecule has 1 rings (SSSR count). The Hall–Kier alpha value is -1.06. The Morgan fingerprint density at radius 3 is 2.64 bits per heavy atom. The van der Waals surface area contributed by atoms with E-state index in [9.17, 15) is 4.79 Å². The third-order valence-electron chi connectivity index (χ3n) is 1.85. The van der Waals surface area contributed by atoms with Gasteiger partial charge in [0.1, 0.15) is 18.7 Å². The highest BCUT2D eigenvalue weighted by molar-refractivity contribution is 5.74. The van der Waals surface area contributed by atoms with Crippen molar-refractivity contribution in [2.45, 2.75) is 26.4 Å². The van der Waals surface area contributed by atoms with Gasteiger partial charge in [-0.25, -0.2) is 4.79 Å². The van der Waals surface area contributed by atoms with Gasteiger partial charge < -0.3 is 4.74 Å². The van der Waals surface area contributed by atoms with Crippen molar-refractivity contribution in [1.82, 2.24) is 4.90 Å². The van der Waals surface area contributed by atoms with E-state index in [0.29, 0.717) is 6.54 Å². The molecular formula is C10H19N2O2+. The number of nitrogens with zero attached hydrogens (tertiary/aromatic N) is 2. The van der Waals surface area contributed by atoms with Crippen molar-refractivity contribution >= 4 is 12.3 Å². The molecule has 80 valence electrons. The van der Waals surface area contributed by atoms with Crippen LogP contribution in [-0.2, 0) is 9.53 Å². The molecule has 0 amide bonds. The van der Waals surface area contributed by atoms with E-state index in [0.717, 1.165) is 13.1 Å². The van der Waals surface area contributed by atoms with Gasteiger partial charge in [0.15, 0.2) is 6.54 Å². The second-order valence-corrected chi connectivity index (χ2v) is 4.65. The first-order valence-electron chi connectivity index (χ1n) is 4.88. The number of carbonyl (C=O) groups excluding carboxylic acids is 1. The number of rotatable bonds is 2. The van der Waals surface area contributed by atoms with Crippen LogP contribution in [0.3, 0.4) is 0 Å². The summed E-state index contributed by atoms with van der Waals surface area (Å²) in [7, 11) is 2.00. The lowest BCUT2D eigenvalue weighted by Crippen LogP contribution is -2.33. The van der Waals surface area contributed by atoms with Crippen LogP contribution < -0.4 is 0 Å². The average Bonchev–Trinajstić information content (AvgIpc) is 2.30. The fourth-order valence-corrected chi connectivity index (χ4v) is 1.34. The predicted octanol–water partition coefficient (Wildman–Crippen LogP) is 0.314. The zero-order valence-electron chi connectivity index (χ0n) is 9.41. The van der Waals surface area contributed by atoms with Crippen LogP contribution in [0.15, 0.2) is 0 Å². The number of hydrogen-bond acceptors (Lipinski definition) is 3. The average molecular weight is 199 g/mol. The second-order valence-electron chi connectivity index (χ2n) is 4.65. The van der Waals surface area contributed by atoms with Gasteiger partial charge >= 0.3 is 5.97 Å². The monoisotopic (exact) mass is 199 g/mol. The Labute approximate surface area is 85.2 Å². The zero-order valence-corrected chi connectivity index (χ0v) is 9.41. The fourth-order valence-electron chi connectivity index (χ4n) is 1.34.